The SMILES string of the molecule is CC1(CC(=O)N/N=C\c2cn(Cc3ccc(Cl)c(Cl)c3)c3ccccc23)OCCO1. The van der Waals surface area contributed by atoms with Gasteiger partial charge in [0.1, 0.15) is 0 Å². The molecule has 1 saturated heterocycles. The highest BCUT2D eigenvalue weighted by Gasteiger charge is 2.33. The normalized spacial score (nSPS) is 15.8. The summed E-state index contributed by atoms with van der Waals surface area (Å²) in [7, 11) is 0. The fourth-order valence-corrected chi connectivity index (χ4v) is 3.83. The molecule has 0 aliphatic carbocycles. The first-order chi connectivity index (χ1) is 14.4. The lowest BCUT2D eigenvalue weighted by Gasteiger charge is -2.20. The lowest BCUT2D eigenvalue weighted by Crippen LogP contribution is -2.33. The zero-order valence-electron chi connectivity index (χ0n) is 16.4. The summed E-state index contributed by atoms with van der Waals surface area (Å²) in [6.07, 6.45) is 3.72. The summed E-state index contributed by atoms with van der Waals surface area (Å²) < 4.78 is 13.0. The van der Waals surface area contributed by atoms with Crippen LogP contribution in [0.25, 0.3) is 10.9 Å². The molecular formula is C22H21Cl2N3O3. The minimum absolute atomic E-state index is 0.0867. The maximum absolute atomic E-state index is 12.2. The smallest absolute Gasteiger partial charge is 0.245 e. The molecule has 0 unspecified atom stereocenters. The molecule has 1 aliphatic rings. The average Bonchev–Trinajstić information content (AvgIpc) is 3.29. The number of benzene rings is 2. The molecular weight excluding hydrogens is 425 g/mol. The van der Waals surface area contributed by atoms with Crippen LogP contribution in [0.2, 0.25) is 10.0 Å². The molecule has 0 atom stereocenters. The van der Waals surface area contributed by atoms with Crippen LogP contribution in [0.4, 0.5) is 0 Å². The minimum atomic E-state index is -0.879. The summed E-state index contributed by atoms with van der Waals surface area (Å²) >= 11 is 12.2. The van der Waals surface area contributed by atoms with E-state index in [2.05, 4.69) is 15.1 Å². The van der Waals surface area contributed by atoms with Crippen LogP contribution in [-0.4, -0.2) is 35.7 Å². The molecule has 2 heterocycles. The number of carbonyl (C=O) groups excluding carboxylic acids is 1. The van der Waals surface area contributed by atoms with Crippen molar-refractivity contribution in [1.29, 1.82) is 0 Å². The van der Waals surface area contributed by atoms with E-state index in [0.29, 0.717) is 29.8 Å². The first kappa shape index (κ1) is 20.9. The summed E-state index contributed by atoms with van der Waals surface area (Å²) in [4.78, 5) is 12.2. The highest BCUT2D eigenvalue weighted by molar-refractivity contribution is 6.42. The lowest BCUT2D eigenvalue weighted by molar-refractivity contribution is -0.159. The number of fused-ring (bicyclic) bond motifs is 1. The Morgan fingerprint density at radius 1 is 1.20 bits per heavy atom. The highest BCUT2D eigenvalue weighted by atomic mass is 35.5. The van der Waals surface area contributed by atoms with E-state index in [1.54, 1.807) is 19.2 Å². The fourth-order valence-electron chi connectivity index (χ4n) is 3.51. The maximum atomic E-state index is 12.2. The van der Waals surface area contributed by atoms with Gasteiger partial charge in [-0.2, -0.15) is 5.10 Å². The monoisotopic (exact) mass is 445 g/mol. The highest BCUT2D eigenvalue weighted by Crippen LogP contribution is 2.26. The van der Waals surface area contributed by atoms with Gasteiger partial charge in [-0.25, -0.2) is 5.43 Å². The van der Waals surface area contributed by atoms with Gasteiger partial charge in [0.05, 0.1) is 35.9 Å². The van der Waals surface area contributed by atoms with Crippen molar-refractivity contribution in [3.05, 3.63) is 69.8 Å². The van der Waals surface area contributed by atoms with Crippen molar-refractivity contribution in [1.82, 2.24) is 9.99 Å². The van der Waals surface area contributed by atoms with E-state index in [-0.39, 0.29) is 12.3 Å². The number of halogens is 2. The summed E-state index contributed by atoms with van der Waals surface area (Å²) in [5.74, 6) is -1.15. The van der Waals surface area contributed by atoms with Crippen LogP contribution in [0, 0.1) is 0 Å². The number of hydrogen-bond acceptors (Lipinski definition) is 4. The number of hydrogen-bond donors (Lipinski definition) is 1. The molecule has 0 bridgehead atoms. The van der Waals surface area contributed by atoms with Crippen molar-refractivity contribution < 1.29 is 14.3 Å². The summed E-state index contributed by atoms with van der Waals surface area (Å²) in [5.41, 5.74) is 5.53. The maximum Gasteiger partial charge on any atom is 0.245 e. The van der Waals surface area contributed by atoms with E-state index in [0.717, 1.165) is 22.0 Å². The van der Waals surface area contributed by atoms with Crippen LogP contribution in [0.3, 0.4) is 0 Å². The van der Waals surface area contributed by atoms with E-state index in [9.17, 15) is 4.79 Å². The summed E-state index contributed by atoms with van der Waals surface area (Å²) in [5, 5.41) is 6.21. The first-order valence-electron chi connectivity index (χ1n) is 9.55. The van der Waals surface area contributed by atoms with E-state index in [1.807, 2.05) is 42.6 Å². The van der Waals surface area contributed by atoms with Crippen molar-refractivity contribution in [2.45, 2.75) is 25.7 Å². The molecule has 6 nitrogen and oxygen atoms in total. The van der Waals surface area contributed by atoms with Crippen LogP contribution < -0.4 is 5.43 Å². The summed E-state index contributed by atoms with van der Waals surface area (Å²) in [6.45, 7) is 3.36. The van der Waals surface area contributed by atoms with Crippen molar-refractivity contribution in [3.63, 3.8) is 0 Å². The topological polar surface area (TPSA) is 64.9 Å². The first-order valence-corrected chi connectivity index (χ1v) is 10.3. The van der Waals surface area contributed by atoms with Crippen molar-refractivity contribution in [3.8, 4) is 0 Å². The Morgan fingerprint density at radius 2 is 1.97 bits per heavy atom. The molecule has 2 aromatic carbocycles. The second-order valence-electron chi connectivity index (χ2n) is 7.28. The predicted octanol–water partition coefficient (Wildman–Crippen LogP) is 4.60. The van der Waals surface area contributed by atoms with E-state index in [1.165, 1.54) is 0 Å². The van der Waals surface area contributed by atoms with Crippen LogP contribution in [0.1, 0.15) is 24.5 Å². The molecule has 8 heteroatoms. The Morgan fingerprint density at radius 3 is 2.73 bits per heavy atom. The molecule has 1 fully saturated rings. The van der Waals surface area contributed by atoms with E-state index < -0.39 is 5.79 Å². The van der Waals surface area contributed by atoms with Gasteiger partial charge < -0.3 is 14.0 Å². The fraction of sp³-hybridized carbons (Fsp3) is 0.273. The van der Waals surface area contributed by atoms with Gasteiger partial charge in [-0.1, -0.05) is 47.5 Å². The standard InChI is InChI=1S/C22H21Cl2N3O3/c1-22(29-8-9-30-22)11-21(28)26-25-12-16-14-27(20-5-3-2-4-17(16)20)13-15-6-7-18(23)19(24)10-15/h2-7,10,12,14H,8-9,11,13H2,1H3,(H,26,28)/b25-12-. The van der Waals surface area contributed by atoms with Gasteiger partial charge in [0.2, 0.25) is 5.91 Å². The second kappa shape index (κ2) is 8.78. The molecule has 30 heavy (non-hydrogen) atoms. The number of hydrazone groups is 1. The zero-order chi connectivity index (χ0) is 21.1. The summed E-state index contributed by atoms with van der Waals surface area (Å²) in [6, 6.07) is 13.6. The quantitative estimate of drug-likeness (QED) is 0.445. The lowest BCUT2D eigenvalue weighted by atomic mass is 10.2. The van der Waals surface area contributed by atoms with Crippen LogP contribution >= 0.6 is 23.2 Å². The Kier molecular flexibility index (Phi) is 6.11. The molecule has 1 amide bonds. The van der Waals surface area contributed by atoms with Gasteiger partial charge >= 0.3 is 0 Å². The van der Waals surface area contributed by atoms with Crippen LogP contribution in [0.5, 0.6) is 0 Å². The molecule has 1 N–H and O–H groups in total. The second-order valence-corrected chi connectivity index (χ2v) is 8.09. The van der Waals surface area contributed by atoms with Crippen molar-refractivity contribution >= 4 is 46.2 Å². The molecule has 0 spiro atoms. The number of amides is 1. The molecule has 0 saturated carbocycles. The third-order valence-corrected chi connectivity index (χ3v) is 5.67. The number of carbonyl (C=O) groups is 1. The Labute approximate surface area is 184 Å². The third kappa shape index (κ3) is 4.68. The van der Waals surface area contributed by atoms with Gasteiger partial charge in [-0.05, 0) is 30.7 Å². The molecule has 4 rings (SSSR count). The number of nitrogens with one attached hydrogen (secondary N) is 1. The Hall–Kier alpha value is -2.38. The van der Waals surface area contributed by atoms with Gasteiger partial charge in [0, 0.05) is 29.2 Å². The Bertz CT molecular complexity index is 1100. The molecule has 1 aliphatic heterocycles. The minimum Gasteiger partial charge on any atom is -0.347 e. The molecule has 3 aromatic rings. The number of rotatable bonds is 6. The van der Waals surface area contributed by atoms with Crippen molar-refractivity contribution in [2.75, 3.05) is 13.2 Å². The van der Waals surface area contributed by atoms with Crippen LogP contribution in [-0.2, 0) is 20.8 Å². The van der Waals surface area contributed by atoms with E-state index >= 15 is 0 Å². The molecule has 0 radical (unpaired) electrons. The number of aromatic nitrogens is 1. The third-order valence-electron chi connectivity index (χ3n) is 4.93. The number of para-hydroxylation sites is 1. The van der Waals surface area contributed by atoms with Gasteiger partial charge in [-0.15, -0.1) is 0 Å². The zero-order valence-corrected chi connectivity index (χ0v) is 17.9. The molecule has 1 aromatic heterocycles. The van der Waals surface area contributed by atoms with Crippen molar-refractivity contribution in [2.24, 2.45) is 5.10 Å². The molecule has 156 valence electrons. The van der Waals surface area contributed by atoms with Gasteiger partial charge in [0.15, 0.2) is 5.79 Å². The van der Waals surface area contributed by atoms with Crippen LogP contribution in [0.15, 0.2) is 53.8 Å². The van der Waals surface area contributed by atoms with E-state index in [4.69, 9.17) is 32.7 Å². The average molecular weight is 446 g/mol. The Balaban J connectivity index is 1.50. The van der Waals surface area contributed by atoms with Gasteiger partial charge in [0.25, 0.3) is 0 Å². The predicted molar refractivity (Wildman–Crippen MR) is 118 cm³/mol. The largest absolute Gasteiger partial charge is 0.347 e. The number of nitrogens with zero attached hydrogens (tertiary/aromatic N) is 2. The number of ether oxygens (including phenoxy) is 2. The van der Waals surface area contributed by atoms with Gasteiger partial charge in [-0.3, -0.25) is 4.79 Å².